The predicted octanol–water partition coefficient (Wildman–Crippen LogP) is 2.92. The number of anilines is 1. The van der Waals surface area contributed by atoms with Crippen LogP contribution in [0, 0.1) is 0 Å². The first-order chi connectivity index (χ1) is 9.61. The number of nitrogens with two attached hydrogens (primary N) is 1. The van der Waals surface area contributed by atoms with Crippen LogP contribution < -0.4 is 10.6 Å². The molecule has 0 aliphatic heterocycles. The van der Waals surface area contributed by atoms with Crippen LogP contribution in [0.5, 0.6) is 0 Å². The molecule has 20 heavy (non-hydrogen) atoms. The van der Waals surface area contributed by atoms with Gasteiger partial charge in [0.1, 0.15) is 5.82 Å². The maximum absolute atomic E-state index is 5.99. The lowest BCUT2D eigenvalue weighted by molar-refractivity contribution is 0.733. The Morgan fingerprint density at radius 2 is 2.10 bits per heavy atom. The molecule has 0 fully saturated rings. The molecule has 2 rings (SSSR count). The van der Waals surface area contributed by atoms with Gasteiger partial charge < -0.3 is 10.6 Å². The van der Waals surface area contributed by atoms with Crippen LogP contribution >= 0.6 is 11.8 Å². The van der Waals surface area contributed by atoms with Gasteiger partial charge in [0, 0.05) is 30.8 Å². The third-order valence-electron chi connectivity index (χ3n) is 3.31. The van der Waals surface area contributed by atoms with Gasteiger partial charge in [0.15, 0.2) is 0 Å². The van der Waals surface area contributed by atoms with Crippen molar-refractivity contribution in [2.75, 3.05) is 30.5 Å². The lowest BCUT2D eigenvalue weighted by Crippen LogP contribution is -2.25. The third kappa shape index (κ3) is 3.64. The van der Waals surface area contributed by atoms with E-state index in [2.05, 4.69) is 42.5 Å². The molecule has 0 saturated carbocycles. The topological polar surface area (TPSA) is 42.2 Å². The van der Waals surface area contributed by atoms with E-state index < -0.39 is 0 Å². The van der Waals surface area contributed by atoms with Gasteiger partial charge >= 0.3 is 0 Å². The van der Waals surface area contributed by atoms with E-state index in [4.69, 9.17) is 10.7 Å². The maximum atomic E-state index is 5.99. The van der Waals surface area contributed by atoms with E-state index in [0.29, 0.717) is 0 Å². The number of rotatable bonds is 6. The summed E-state index contributed by atoms with van der Waals surface area (Å²) < 4.78 is 0. The van der Waals surface area contributed by atoms with Crippen LogP contribution in [0.25, 0.3) is 10.9 Å². The second-order valence-corrected chi connectivity index (χ2v) is 6.25. The number of nitrogens with zero attached hydrogens (tertiary/aromatic N) is 2. The molecule has 2 N–H and O–H groups in total. The minimum Gasteiger partial charge on any atom is -0.359 e. The largest absolute Gasteiger partial charge is 0.359 e. The fourth-order valence-corrected chi connectivity index (χ4v) is 2.77. The van der Waals surface area contributed by atoms with Crippen LogP contribution in [0.2, 0.25) is 0 Å². The van der Waals surface area contributed by atoms with Crippen LogP contribution in [-0.2, 0) is 6.42 Å². The Bertz CT molecular complexity index is 569. The van der Waals surface area contributed by atoms with E-state index in [1.165, 1.54) is 10.9 Å². The first-order valence-corrected chi connectivity index (χ1v) is 8.35. The van der Waals surface area contributed by atoms with Gasteiger partial charge in [-0.15, -0.1) is 0 Å². The normalized spacial score (nSPS) is 12.6. The molecule has 0 saturated heterocycles. The molecule has 0 aliphatic carbocycles. The van der Waals surface area contributed by atoms with E-state index in [0.717, 1.165) is 30.1 Å². The average molecular weight is 289 g/mol. The van der Waals surface area contributed by atoms with Crippen molar-refractivity contribution in [3.63, 3.8) is 0 Å². The summed E-state index contributed by atoms with van der Waals surface area (Å²) in [5.74, 6) is 2.16. The minimum atomic E-state index is 0.144. The molecular formula is C16H23N3S. The van der Waals surface area contributed by atoms with Crippen LogP contribution in [0.4, 0.5) is 5.82 Å². The van der Waals surface area contributed by atoms with Crippen molar-refractivity contribution >= 4 is 28.5 Å². The second-order valence-electron chi connectivity index (χ2n) is 5.26. The first-order valence-electron chi connectivity index (χ1n) is 6.96. The van der Waals surface area contributed by atoms with E-state index in [9.17, 15) is 0 Å². The van der Waals surface area contributed by atoms with Crippen molar-refractivity contribution in [2.24, 2.45) is 5.73 Å². The molecule has 0 spiro atoms. The Morgan fingerprint density at radius 1 is 1.35 bits per heavy atom. The molecule has 0 amide bonds. The fraction of sp³-hybridized carbons (Fsp3) is 0.438. The monoisotopic (exact) mass is 289 g/mol. The number of thioether (sulfide) groups is 1. The summed E-state index contributed by atoms with van der Waals surface area (Å²) >= 11 is 1.85. The number of aromatic nitrogens is 1. The summed E-state index contributed by atoms with van der Waals surface area (Å²) in [6, 6.07) is 10.6. The molecule has 1 aromatic carbocycles. The molecule has 0 bridgehead atoms. The smallest absolute Gasteiger partial charge is 0.132 e. The highest BCUT2D eigenvalue weighted by atomic mass is 32.2. The molecule has 1 unspecified atom stereocenters. The van der Waals surface area contributed by atoms with Crippen molar-refractivity contribution < 1.29 is 0 Å². The molecule has 2 aromatic rings. The van der Waals surface area contributed by atoms with Gasteiger partial charge in [-0.1, -0.05) is 18.2 Å². The summed E-state index contributed by atoms with van der Waals surface area (Å²) in [7, 11) is 2.11. The zero-order chi connectivity index (χ0) is 14.5. The van der Waals surface area contributed by atoms with E-state index in [1.807, 2.05) is 24.8 Å². The van der Waals surface area contributed by atoms with Crippen molar-refractivity contribution in [1.29, 1.82) is 0 Å². The Kier molecular flexibility index (Phi) is 5.26. The van der Waals surface area contributed by atoms with Gasteiger partial charge in [0.05, 0.1) is 5.52 Å². The van der Waals surface area contributed by atoms with Gasteiger partial charge in [0.25, 0.3) is 0 Å². The quantitative estimate of drug-likeness (QED) is 0.888. The zero-order valence-corrected chi connectivity index (χ0v) is 13.3. The number of pyridine rings is 1. The first kappa shape index (κ1) is 15.1. The van der Waals surface area contributed by atoms with E-state index >= 15 is 0 Å². The predicted molar refractivity (Wildman–Crippen MR) is 90.7 cm³/mol. The van der Waals surface area contributed by atoms with Crippen molar-refractivity contribution in [2.45, 2.75) is 19.4 Å². The summed E-state index contributed by atoms with van der Waals surface area (Å²) in [5, 5.41) is 1.19. The Balaban J connectivity index is 2.42. The molecule has 4 heteroatoms. The van der Waals surface area contributed by atoms with Gasteiger partial charge in [-0.05, 0) is 37.3 Å². The SMILES string of the molecule is CSCCN(C)c1nc2ccccc2cc1CC(C)N. The number of para-hydroxylation sites is 1. The van der Waals surface area contributed by atoms with Gasteiger partial charge in [-0.25, -0.2) is 4.98 Å². The summed E-state index contributed by atoms with van der Waals surface area (Å²) in [6.45, 7) is 3.04. The lowest BCUT2D eigenvalue weighted by atomic mass is 10.1. The molecule has 1 heterocycles. The third-order valence-corrected chi connectivity index (χ3v) is 3.91. The standard InChI is InChI=1S/C16H23N3S/c1-12(17)10-14-11-13-6-4-5-7-15(13)18-16(14)19(2)8-9-20-3/h4-7,11-12H,8-10,17H2,1-3H3. The van der Waals surface area contributed by atoms with Gasteiger partial charge in [-0.2, -0.15) is 11.8 Å². The van der Waals surface area contributed by atoms with E-state index in [-0.39, 0.29) is 6.04 Å². The average Bonchev–Trinajstić information content (AvgIpc) is 2.43. The van der Waals surface area contributed by atoms with Crippen LogP contribution in [0.1, 0.15) is 12.5 Å². The number of fused-ring (bicyclic) bond motifs is 1. The highest BCUT2D eigenvalue weighted by molar-refractivity contribution is 7.98. The fourth-order valence-electron chi connectivity index (χ4n) is 2.31. The molecule has 108 valence electrons. The van der Waals surface area contributed by atoms with Crippen molar-refractivity contribution in [1.82, 2.24) is 4.98 Å². The highest BCUT2D eigenvalue weighted by Gasteiger charge is 2.12. The summed E-state index contributed by atoms with van der Waals surface area (Å²) in [6.07, 6.45) is 2.99. The second kappa shape index (κ2) is 6.95. The Hall–Kier alpha value is -1.26. The summed E-state index contributed by atoms with van der Waals surface area (Å²) in [4.78, 5) is 7.08. The van der Waals surface area contributed by atoms with Gasteiger partial charge in [-0.3, -0.25) is 0 Å². The minimum absolute atomic E-state index is 0.144. The lowest BCUT2D eigenvalue weighted by Gasteiger charge is -2.22. The molecule has 3 nitrogen and oxygen atoms in total. The number of benzene rings is 1. The number of hydrogen-bond donors (Lipinski definition) is 1. The van der Waals surface area contributed by atoms with Crippen LogP contribution in [0.15, 0.2) is 30.3 Å². The highest BCUT2D eigenvalue weighted by Crippen LogP contribution is 2.24. The Morgan fingerprint density at radius 3 is 2.80 bits per heavy atom. The molecule has 1 aromatic heterocycles. The van der Waals surface area contributed by atoms with E-state index in [1.54, 1.807) is 0 Å². The Labute approximate surface area is 125 Å². The molecule has 0 aliphatic rings. The zero-order valence-electron chi connectivity index (χ0n) is 12.5. The van der Waals surface area contributed by atoms with Crippen LogP contribution in [0.3, 0.4) is 0 Å². The van der Waals surface area contributed by atoms with Gasteiger partial charge in [0.2, 0.25) is 0 Å². The maximum Gasteiger partial charge on any atom is 0.132 e. The van der Waals surface area contributed by atoms with Crippen molar-refractivity contribution in [3.05, 3.63) is 35.9 Å². The molecule has 1 atom stereocenters. The molecular weight excluding hydrogens is 266 g/mol. The molecule has 0 radical (unpaired) electrons. The van der Waals surface area contributed by atoms with Crippen molar-refractivity contribution in [3.8, 4) is 0 Å². The number of hydrogen-bond acceptors (Lipinski definition) is 4. The summed E-state index contributed by atoms with van der Waals surface area (Å²) in [5.41, 5.74) is 8.27. The van der Waals surface area contributed by atoms with Crippen LogP contribution in [-0.4, -0.2) is 36.6 Å².